The lowest BCUT2D eigenvalue weighted by molar-refractivity contribution is -0.669. The molecule has 138 valence electrons. The molecule has 0 N–H and O–H groups in total. The van der Waals surface area contributed by atoms with Crippen LogP contribution in [0.5, 0.6) is 0 Å². The van der Waals surface area contributed by atoms with E-state index in [0.717, 1.165) is 0 Å². The van der Waals surface area contributed by atoms with Crippen molar-refractivity contribution in [1.82, 2.24) is 0 Å². The number of furan rings is 1. The SMILES string of the molecule is CCOC(=O)c1c(-c2ccco2)c([N+](=O)[O-])c(-c2ccccc2)[n+](C)c1C. The fraction of sp³-hybridized carbons (Fsp3) is 0.200. The van der Waals surface area contributed by atoms with Gasteiger partial charge in [0.2, 0.25) is 0 Å². The quantitative estimate of drug-likeness (QED) is 0.296. The Morgan fingerprint density at radius 1 is 1.22 bits per heavy atom. The van der Waals surface area contributed by atoms with Crippen LogP contribution in [0, 0.1) is 17.0 Å². The molecule has 7 nitrogen and oxygen atoms in total. The van der Waals surface area contributed by atoms with Crippen LogP contribution in [-0.4, -0.2) is 17.5 Å². The Hall–Kier alpha value is -3.48. The molecule has 0 saturated heterocycles. The summed E-state index contributed by atoms with van der Waals surface area (Å²) in [4.78, 5) is 24.3. The van der Waals surface area contributed by atoms with E-state index in [0.29, 0.717) is 17.0 Å². The molecule has 0 bridgehead atoms. The van der Waals surface area contributed by atoms with E-state index in [2.05, 4.69) is 0 Å². The van der Waals surface area contributed by atoms with Crippen LogP contribution >= 0.6 is 0 Å². The molecule has 7 heteroatoms. The number of carbonyl (C=O) groups excluding carboxylic acids is 1. The topological polar surface area (TPSA) is 86.5 Å². The Kier molecular flexibility index (Phi) is 5.03. The van der Waals surface area contributed by atoms with Crippen molar-refractivity contribution in [3.8, 4) is 22.6 Å². The van der Waals surface area contributed by atoms with Crippen molar-refractivity contribution in [1.29, 1.82) is 0 Å². The molecule has 27 heavy (non-hydrogen) atoms. The van der Waals surface area contributed by atoms with Crippen LogP contribution in [-0.2, 0) is 11.8 Å². The Morgan fingerprint density at radius 3 is 2.48 bits per heavy atom. The van der Waals surface area contributed by atoms with Crippen molar-refractivity contribution < 1.29 is 23.4 Å². The van der Waals surface area contributed by atoms with Gasteiger partial charge in [0.25, 0.3) is 5.69 Å². The van der Waals surface area contributed by atoms with E-state index in [1.807, 2.05) is 6.07 Å². The van der Waals surface area contributed by atoms with Gasteiger partial charge in [-0.15, -0.1) is 0 Å². The molecule has 1 aromatic carbocycles. The molecule has 0 unspecified atom stereocenters. The van der Waals surface area contributed by atoms with Gasteiger partial charge in [-0.05, 0) is 31.2 Å². The van der Waals surface area contributed by atoms with Gasteiger partial charge < -0.3 is 9.15 Å². The second-order valence-electron chi connectivity index (χ2n) is 5.91. The maximum absolute atomic E-state index is 12.7. The van der Waals surface area contributed by atoms with Gasteiger partial charge in [0.15, 0.2) is 5.69 Å². The smallest absolute Gasteiger partial charge is 0.352 e. The van der Waals surface area contributed by atoms with Gasteiger partial charge in [-0.2, -0.15) is 4.57 Å². The highest BCUT2D eigenvalue weighted by Crippen LogP contribution is 2.40. The van der Waals surface area contributed by atoms with Gasteiger partial charge in [-0.25, -0.2) is 4.79 Å². The van der Waals surface area contributed by atoms with Crippen LogP contribution < -0.4 is 4.57 Å². The van der Waals surface area contributed by atoms with E-state index < -0.39 is 10.9 Å². The Bertz CT molecular complexity index is 995. The molecular formula is C20H19N2O5+. The highest BCUT2D eigenvalue weighted by atomic mass is 16.6. The van der Waals surface area contributed by atoms with Crippen LogP contribution in [0.4, 0.5) is 5.69 Å². The normalized spacial score (nSPS) is 10.6. The fourth-order valence-corrected chi connectivity index (χ4v) is 3.13. The largest absolute Gasteiger partial charge is 0.464 e. The summed E-state index contributed by atoms with van der Waals surface area (Å²) in [7, 11) is 1.69. The van der Waals surface area contributed by atoms with E-state index in [1.165, 1.54) is 6.26 Å². The minimum Gasteiger partial charge on any atom is -0.464 e. The molecule has 0 aliphatic carbocycles. The summed E-state index contributed by atoms with van der Waals surface area (Å²) in [5.74, 6) is -0.384. The highest BCUT2D eigenvalue weighted by molar-refractivity contribution is 6.01. The van der Waals surface area contributed by atoms with Crippen molar-refractivity contribution >= 4 is 11.7 Å². The predicted octanol–water partition coefficient (Wildman–Crippen LogP) is 3.83. The number of ether oxygens (including phenoxy) is 1. The first kappa shape index (κ1) is 18.3. The minimum atomic E-state index is -0.625. The highest BCUT2D eigenvalue weighted by Gasteiger charge is 2.39. The van der Waals surface area contributed by atoms with E-state index >= 15 is 0 Å². The second-order valence-corrected chi connectivity index (χ2v) is 5.91. The van der Waals surface area contributed by atoms with E-state index in [9.17, 15) is 14.9 Å². The number of rotatable bonds is 5. The number of esters is 1. The standard InChI is InChI=1S/C20H19N2O5/c1-4-26-20(23)16-13(2)21(3)18(14-9-6-5-7-10-14)19(22(24)25)17(16)15-11-8-12-27-15/h5-12H,4H2,1-3H3/q+1. The zero-order valence-corrected chi connectivity index (χ0v) is 15.3. The average molecular weight is 367 g/mol. The molecule has 3 aromatic rings. The van der Waals surface area contributed by atoms with Crippen LogP contribution in [0.1, 0.15) is 23.0 Å². The second kappa shape index (κ2) is 7.41. The molecule has 0 aliphatic heterocycles. The summed E-state index contributed by atoms with van der Waals surface area (Å²) in [6.07, 6.45) is 1.42. The summed E-state index contributed by atoms with van der Waals surface area (Å²) >= 11 is 0. The lowest BCUT2D eigenvalue weighted by atomic mass is 9.97. The molecule has 0 spiro atoms. The third kappa shape index (κ3) is 3.19. The molecule has 2 aromatic heterocycles. The maximum Gasteiger partial charge on any atom is 0.352 e. The molecule has 0 radical (unpaired) electrons. The van der Waals surface area contributed by atoms with Gasteiger partial charge in [0.1, 0.15) is 23.9 Å². The van der Waals surface area contributed by atoms with Crippen molar-refractivity contribution in [2.45, 2.75) is 13.8 Å². The number of hydrogen-bond donors (Lipinski definition) is 0. The van der Waals surface area contributed by atoms with Gasteiger partial charge in [-0.3, -0.25) is 10.1 Å². The van der Waals surface area contributed by atoms with Gasteiger partial charge in [0.05, 0.1) is 23.4 Å². The third-order valence-corrected chi connectivity index (χ3v) is 4.39. The Balaban J connectivity index is 2.49. The predicted molar refractivity (Wildman–Crippen MR) is 98.1 cm³/mol. The average Bonchev–Trinajstić information content (AvgIpc) is 3.18. The first-order chi connectivity index (χ1) is 13.0. The van der Waals surface area contributed by atoms with Gasteiger partial charge in [-0.1, -0.05) is 18.2 Å². The molecule has 3 rings (SSSR count). The van der Waals surface area contributed by atoms with Crippen LogP contribution in [0.2, 0.25) is 0 Å². The minimum absolute atomic E-state index is 0.123. The van der Waals surface area contributed by atoms with Crippen LogP contribution in [0.25, 0.3) is 22.6 Å². The van der Waals surface area contributed by atoms with E-state index in [1.54, 1.807) is 61.9 Å². The Labute approximate surface area is 156 Å². The van der Waals surface area contributed by atoms with E-state index in [4.69, 9.17) is 9.15 Å². The van der Waals surface area contributed by atoms with Crippen molar-refractivity contribution in [3.63, 3.8) is 0 Å². The van der Waals surface area contributed by atoms with Crippen molar-refractivity contribution in [2.75, 3.05) is 6.61 Å². The van der Waals surface area contributed by atoms with Crippen LogP contribution in [0.3, 0.4) is 0 Å². The lowest BCUT2D eigenvalue weighted by Gasteiger charge is -2.13. The summed E-state index contributed by atoms with van der Waals surface area (Å²) in [5, 5.41) is 12.1. The number of nitrogens with zero attached hydrogens (tertiary/aromatic N) is 2. The molecule has 0 saturated carbocycles. The van der Waals surface area contributed by atoms with Crippen molar-refractivity contribution in [3.05, 3.63) is 70.1 Å². The zero-order chi connectivity index (χ0) is 19.6. The molecule has 0 amide bonds. The molecule has 0 atom stereocenters. The summed E-state index contributed by atoms with van der Waals surface area (Å²) < 4.78 is 12.3. The number of pyridine rings is 1. The van der Waals surface area contributed by atoms with E-state index in [-0.39, 0.29) is 29.2 Å². The first-order valence-electron chi connectivity index (χ1n) is 8.44. The maximum atomic E-state index is 12.7. The zero-order valence-electron chi connectivity index (χ0n) is 15.3. The van der Waals surface area contributed by atoms with Crippen LogP contribution in [0.15, 0.2) is 53.1 Å². The number of aromatic nitrogens is 1. The molecule has 0 aliphatic rings. The van der Waals surface area contributed by atoms with Crippen molar-refractivity contribution in [2.24, 2.45) is 7.05 Å². The number of hydrogen-bond acceptors (Lipinski definition) is 5. The lowest BCUT2D eigenvalue weighted by Crippen LogP contribution is -2.38. The number of carbonyl (C=O) groups is 1. The summed E-state index contributed by atoms with van der Waals surface area (Å²) in [5.41, 5.74) is 1.64. The van der Waals surface area contributed by atoms with Gasteiger partial charge >= 0.3 is 11.7 Å². The first-order valence-corrected chi connectivity index (χ1v) is 8.44. The summed E-state index contributed by atoms with van der Waals surface area (Å²) in [6.45, 7) is 3.58. The summed E-state index contributed by atoms with van der Waals surface area (Å²) in [6, 6.07) is 12.2. The van der Waals surface area contributed by atoms with Gasteiger partial charge in [0, 0.05) is 6.92 Å². The molecule has 2 heterocycles. The Morgan fingerprint density at radius 2 is 1.93 bits per heavy atom. The number of nitro groups is 1. The third-order valence-electron chi connectivity index (χ3n) is 4.39. The number of benzene rings is 1. The molecule has 0 fully saturated rings. The monoisotopic (exact) mass is 367 g/mol. The fourth-order valence-electron chi connectivity index (χ4n) is 3.13. The molecular weight excluding hydrogens is 348 g/mol.